The SMILES string of the molecule is O=C(CSC(=S)N1CCCCC1)Nc1nccs1. The molecule has 0 saturated carbocycles. The number of likely N-dealkylation sites (tertiary alicyclic amines) is 1. The highest BCUT2D eigenvalue weighted by Crippen LogP contribution is 2.17. The number of carbonyl (C=O) groups excluding carboxylic acids is 1. The number of aromatic nitrogens is 1. The van der Waals surface area contributed by atoms with Crippen LogP contribution in [-0.4, -0.2) is 39.0 Å². The Kier molecular flexibility index (Phi) is 5.40. The highest BCUT2D eigenvalue weighted by atomic mass is 32.2. The van der Waals surface area contributed by atoms with Gasteiger partial charge in [0.1, 0.15) is 4.32 Å². The Bertz CT molecular complexity index is 402. The number of nitrogens with one attached hydrogen (secondary N) is 1. The van der Waals surface area contributed by atoms with Crippen LogP contribution in [0.1, 0.15) is 19.3 Å². The normalized spacial score (nSPS) is 15.4. The lowest BCUT2D eigenvalue weighted by molar-refractivity contribution is -0.113. The van der Waals surface area contributed by atoms with E-state index in [9.17, 15) is 4.79 Å². The first-order valence-corrected chi connectivity index (χ1v) is 8.14. The molecule has 1 aromatic heterocycles. The molecule has 0 aromatic carbocycles. The summed E-state index contributed by atoms with van der Waals surface area (Å²) in [7, 11) is 0. The van der Waals surface area contributed by atoms with Crippen molar-refractivity contribution in [2.75, 3.05) is 24.2 Å². The maximum absolute atomic E-state index is 11.7. The van der Waals surface area contributed by atoms with Gasteiger partial charge in [0.05, 0.1) is 5.75 Å². The van der Waals surface area contributed by atoms with Crippen LogP contribution in [0.2, 0.25) is 0 Å². The van der Waals surface area contributed by atoms with Crippen LogP contribution in [-0.2, 0) is 4.79 Å². The summed E-state index contributed by atoms with van der Waals surface area (Å²) in [5.74, 6) is 0.309. The molecule has 1 aliphatic rings. The van der Waals surface area contributed by atoms with E-state index in [-0.39, 0.29) is 5.91 Å². The lowest BCUT2D eigenvalue weighted by Gasteiger charge is -2.28. The van der Waals surface area contributed by atoms with Gasteiger partial charge in [-0.3, -0.25) is 4.79 Å². The summed E-state index contributed by atoms with van der Waals surface area (Å²) < 4.78 is 0.837. The molecule has 0 spiro atoms. The number of thiocarbonyl (C=S) groups is 1. The molecule has 0 unspecified atom stereocenters. The molecule has 1 saturated heterocycles. The highest BCUT2D eigenvalue weighted by molar-refractivity contribution is 8.23. The van der Waals surface area contributed by atoms with E-state index < -0.39 is 0 Å². The number of rotatable bonds is 3. The van der Waals surface area contributed by atoms with Gasteiger partial charge in [-0.2, -0.15) is 0 Å². The van der Waals surface area contributed by atoms with Gasteiger partial charge < -0.3 is 10.2 Å². The van der Waals surface area contributed by atoms with Crippen LogP contribution in [0.15, 0.2) is 11.6 Å². The van der Waals surface area contributed by atoms with Crippen molar-refractivity contribution >= 4 is 50.7 Å². The quantitative estimate of drug-likeness (QED) is 0.870. The van der Waals surface area contributed by atoms with Crippen molar-refractivity contribution < 1.29 is 4.79 Å². The number of hydrogen-bond acceptors (Lipinski definition) is 5. The summed E-state index contributed by atoms with van der Waals surface area (Å²) >= 11 is 8.19. The molecule has 98 valence electrons. The maximum atomic E-state index is 11.7. The maximum Gasteiger partial charge on any atom is 0.236 e. The molecule has 2 rings (SSSR count). The number of amides is 1. The zero-order valence-electron chi connectivity index (χ0n) is 9.92. The van der Waals surface area contributed by atoms with Gasteiger partial charge >= 0.3 is 0 Å². The minimum Gasteiger partial charge on any atom is -0.358 e. The standard InChI is InChI=1S/C11H15N3OS3/c15-9(13-10-12-4-7-17-10)8-18-11(16)14-5-2-1-3-6-14/h4,7H,1-3,5-6,8H2,(H,12,13,15). The number of nitrogens with zero attached hydrogens (tertiary/aromatic N) is 2. The van der Waals surface area contributed by atoms with Gasteiger partial charge in [0.25, 0.3) is 0 Å². The predicted molar refractivity (Wildman–Crippen MR) is 81.2 cm³/mol. The van der Waals surface area contributed by atoms with E-state index in [1.54, 1.807) is 6.20 Å². The van der Waals surface area contributed by atoms with Gasteiger partial charge in [-0.1, -0.05) is 24.0 Å². The third-order valence-corrected chi connectivity index (χ3v) is 4.83. The number of anilines is 1. The smallest absolute Gasteiger partial charge is 0.236 e. The summed E-state index contributed by atoms with van der Waals surface area (Å²) in [5, 5.41) is 5.23. The average Bonchev–Trinajstić information content (AvgIpc) is 2.90. The third-order valence-electron chi connectivity index (χ3n) is 2.62. The fourth-order valence-corrected chi connectivity index (χ4v) is 3.33. The van der Waals surface area contributed by atoms with Gasteiger partial charge in [-0.05, 0) is 19.3 Å². The fraction of sp³-hybridized carbons (Fsp3) is 0.545. The summed E-state index contributed by atoms with van der Waals surface area (Å²) in [6.07, 6.45) is 5.36. The first-order chi connectivity index (χ1) is 8.75. The second-order valence-electron chi connectivity index (χ2n) is 3.99. The van der Waals surface area contributed by atoms with Gasteiger partial charge in [0.2, 0.25) is 5.91 Å². The fourth-order valence-electron chi connectivity index (χ4n) is 1.74. The lowest BCUT2D eigenvalue weighted by atomic mass is 10.1. The molecule has 1 aromatic rings. The van der Waals surface area contributed by atoms with Crippen molar-refractivity contribution in [1.29, 1.82) is 0 Å². The second-order valence-corrected chi connectivity index (χ2v) is 6.49. The molecule has 1 amide bonds. The molecule has 0 atom stereocenters. The van der Waals surface area contributed by atoms with Crippen molar-refractivity contribution in [3.63, 3.8) is 0 Å². The van der Waals surface area contributed by atoms with E-state index in [1.807, 2.05) is 5.38 Å². The van der Waals surface area contributed by atoms with Crippen molar-refractivity contribution in [3.05, 3.63) is 11.6 Å². The Balaban J connectivity index is 1.70. The van der Waals surface area contributed by atoms with E-state index >= 15 is 0 Å². The Morgan fingerprint density at radius 3 is 2.94 bits per heavy atom. The Hall–Kier alpha value is -0.660. The van der Waals surface area contributed by atoms with E-state index in [1.165, 1.54) is 42.4 Å². The molecule has 1 N–H and O–H groups in total. The first-order valence-electron chi connectivity index (χ1n) is 5.87. The molecule has 0 bridgehead atoms. The van der Waals surface area contributed by atoms with Crippen LogP contribution >= 0.6 is 35.3 Å². The average molecular weight is 301 g/mol. The number of thiazole rings is 1. The van der Waals surface area contributed by atoms with Crippen molar-refractivity contribution in [2.45, 2.75) is 19.3 Å². The highest BCUT2D eigenvalue weighted by Gasteiger charge is 2.15. The van der Waals surface area contributed by atoms with Crippen molar-refractivity contribution in [2.24, 2.45) is 0 Å². The molecule has 2 heterocycles. The monoisotopic (exact) mass is 301 g/mol. The van der Waals surface area contributed by atoms with E-state index in [4.69, 9.17) is 12.2 Å². The van der Waals surface area contributed by atoms with Gasteiger partial charge in [0, 0.05) is 24.7 Å². The summed E-state index contributed by atoms with van der Waals surface area (Å²) in [4.78, 5) is 17.9. The molecule has 1 fully saturated rings. The molecule has 0 aliphatic carbocycles. The van der Waals surface area contributed by atoms with E-state index in [0.29, 0.717) is 10.9 Å². The number of carbonyl (C=O) groups is 1. The van der Waals surface area contributed by atoms with Crippen LogP contribution in [0.5, 0.6) is 0 Å². The van der Waals surface area contributed by atoms with Crippen LogP contribution in [0.3, 0.4) is 0 Å². The summed E-state index contributed by atoms with van der Waals surface area (Å²) in [5.41, 5.74) is 0. The number of hydrogen-bond donors (Lipinski definition) is 1. The van der Waals surface area contributed by atoms with Crippen molar-refractivity contribution in [1.82, 2.24) is 9.88 Å². The second kappa shape index (κ2) is 7.06. The molecule has 1 aliphatic heterocycles. The Morgan fingerprint density at radius 2 is 2.28 bits per heavy atom. The first kappa shape index (κ1) is 13.8. The largest absolute Gasteiger partial charge is 0.358 e. The Labute approximate surface area is 120 Å². The molecule has 4 nitrogen and oxygen atoms in total. The molecular formula is C11H15N3OS3. The van der Waals surface area contributed by atoms with Crippen LogP contribution in [0.25, 0.3) is 0 Å². The summed E-state index contributed by atoms with van der Waals surface area (Å²) in [6, 6.07) is 0. The zero-order chi connectivity index (χ0) is 12.8. The zero-order valence-corrected chi connectivity index (χ0v) is 12.4. The number of thioether (sulfide) groups is 1. The topological polar surface area (TPSA) is 45.2 Å². The van der Waals surface area contributed by atoms with E-state index in [2.05, 4.69) is 15.2 Å². The third kappa shape index (κ3) is 4.22. The molecular weight excluding hydrogens is 286 g/mol. The van der Waals surface area contributed by atoms with Crippen LogP contribution in [0, 0.1) is 0 Å². The summed E-state index contributed by atoms with van der Waals surface area (Å²) in [6.45, 7) is 2.06. The predicted octanol–water partition coefficient (Wildman–Crippen LogP) is 2.59. The lowest BCUT2D eigenvalue weighted by Crippen LogP contribution is -2.33. The van der Waals surface area contributed by atoms with Gasteiger partial charge in [0.15, 0.2) is 5.13 Å². The minimum atomic E-state index is -0.0469. The van der Waals surface area contributed by atoms with Gasteiger partial charge in [-0.25, -0.2) is 4.98 Å². The molecule has 0 radical (unpaired) electrons. The van der Waals surface area contributed by atoms with Gasteiger partial charge in [-0.15, -0.1) is 11.3 Å². The van der Waals surface area contributed by atoms with Crippen LogP contribution in [0.4, 0.5) is 5.13 Å². The minimum absolute atomic E-state index is 0.0469. The molecule has 18 heavy (non-hydrogen) atoms. The number of piperidine rings is 1. The molecule has 7 heteroatoms. The van der Waals surface area contributed by atoms with Crippen LogP contribution < -0.4 is 5.32 Å². The van der Waals surface area contributed by atoms with Crippen molar-refractivity contribution in [3.8, 4) is 0 Å². The Morgan fingerprint density at radius 1 is 1.50 bits per heavy atom. The van der Waals surface area contributed by atoms with E-state index in [0.717, 1.165) is 17.4 Å².